The van der Waals surface area contributed by atoms with Crippen LogP contribution < -0.4 is 41.0 Å². The number of fused-ring (bicyclic) bond motifs is 14. The van der Waals surface area contributed by atoms with Crippen LogP contribution in [-0.2, 0) is 132 Å². The fourth-order valence-electron chi connectivity index (χ4n) is 20.2. The van der Waals surface area contributed by atoms with E-state index in [0.29, 0.717) is 100 Å². The van der Waals surface area contributed by atoms with Gasteiger partial charge in [0.2, 0.25) is 11.8 Å². The molecule has 0 saturated carbocycles. The zero-order chi connectivity index (χ0) is 104. The van der Waals surface area contributed by atoms with Crippen molar-refractivity contribution in [1.82, 2.24) is 50.3 Å². The van der Waals surface area contributed by atoms with Gasteiger partial charge in [0, 0.05) is 147 Å². The zero-order valence-corrected chi connectivity index (χ0v) is 82.7. The zero-order valence-electron chi connectivity index (χ0n) is 81.1. The van der Waals surface area contributed by atoms with Crippen LogP contribution in [-0.4, -0.2) is 220 Å². The van der Waals surface area contributed by atoms with Crippen molar-refractivity contribution in [1.29, 1.82) is 0 Å². The van der Waals surface area contributed by atoms with E-state index in [4.69, 9.17) is 72.6 Å². The van der Waals surface area contributed by atoms with Gasteiger partial charge in [0.05, 0.1) is 79.0 Å². The van der Waals surface area contributed by atoms with Crippen LogP contribution in [0.1, 0.15) is 140 Å². The Morgan fingerprint density at radius 1 is 0.376 bits per heavy atom. The summed E-state index contributed by atoms with van der Waals surface area (Å²) in [5.41, 5.74) is 34.6. The number of aromatic nitrogens is 6. The lowest BCUT2D eigenvalue weighted by Crippen LogP contribution is -2.50. The Kier molecular flexibility index (Phi) is 39.7. The topological polar surface area (TPSA) is 487 Å². The number of aliphatic hydroxyl groups excluding tert-OH is 4. The van der Waals surface area contributed by atoms with Gasteiger partial charge in [-0.2, -0.15) is 0 Å². The van der Waals surface area contributed by atoms with Gasteiger partial charge in [-0.15, -0.1) is 23.2 Å². The average Bonchev–Trinajstić information content (AvgIpc) is 1.62. The van der Waals surface area contributed by atoms with Crippen molar-refractivity contribution < 1.29 is 106 Å². The van der Waals surface area contributed by atoms with Crippen molar-refractivity contribution in [2.45, 2.75) is 140 Å². The van der Waals surface area contributed by atoms with Crippen molar-refractivity contribution in [3.8, 4) is 23.0 Å². The van der Waals surface area contributed by atoms with Crippen LogP contribution in [0.25, 0.3) is 65.4 Å². The van der Waals surface area contributed by atoms with Gasteiger partial charge in [-0.05, 0) is 173 Å². The van der Waals surface area contributed by atoms with Gasteiger partial charge in [-0.1, -0.05) is 148 Å². The second-order valence-corrected chi connectivity index (χ2v) is 35.9. The molecule has 4 aliphatic rings. The summed E-state index contributed by atoms with van der Waals surface area (Å²) in [7, 11) is 6.40. The molecular weight excluding hydrogens is 1950 g/mol. The van der Waals surface area contributed by atoms with Crippen molar-refractivity contribution in [3.63, 3.8) is 0 Å². The third kappa shape index (κ3) is 25.2. The maximum atomic E-state index is 13.0. The number of methoxy groups -OCH3 is 4. The van der Waals surface area contributed by atoms with E-state index in [2.05, 4.69) is 80.3 Å². The number of hydrogen-bond donors (Lipinski definition) is 14. The maximum absolute atomic E-state index is 13.0. The molecule has 10 heterocycles. The lowest BCUT2D eigenvalue weighted by atomic mass is 9.87. The summed E-state index contributed by atoms with van der Waals surface area (Å²) in [6.07, 6.45) is 6.99. The van der Waals surface area contributed by atoms with Gasteiger partial charge < -0.3 is 113 Å². The van der Waals surface area contributed by atoms with Crippen LogP contribution in [0.2, 0.25) is 0 Å². The van der Waals surface area contributed by atoms with Crippen LogP contribution >= 0.6 is 23.2 Å². The minimum Gasteiger partial charge on any atom is -0.496 e. The SMILES string of the molecule is C.C.COc1ccc(CO)cc1[C@@H]1N[C@@H](COC=O)Cc2c1[nH]c1ccccc21.COc1ccc(CO)cc1[C@@H]1c2[nH]c3ccccc3c2C[C@H](COC=O)N1C(=O)CCl.COc1ccc(CO)cc1[C@H]1N[C@@H](COC=O)Cc2c1[nH]c1ccccc21.COc1ccc(CO)cc1[C@H]1c2[nH]c3ccccc3c2C[C@H](COC=O)N1C(=O)CCl.N[C@@H](COC=O)Cc1c[nH]c2ccccc12.N[C@H](Cc1c[nH]c2ccccc12)OC=O. The molecule has 10 aromatic carbocycles. The Balaban J connectivity index is 0.000000151. The van der Waals surface area contributed by atoms with Gasteiger partial charge >= 0.3 is 0 Å². The van der Waals surface area contributed by atoms with Crippen LogP contribution in [0.5, 0.6) is 23.0 Å². The first-order chi connectivity index (χ1) is 71.9. The summed E-state index contributed by atoms with van der Waals surface area (Å²) < 4.78 is 51.9. The number of rotatable bonds is 35. The molecule has 0 spiro atoms. The van der Waals surface area contributed by atoms with Gasteiger partial charge in [0.25, 0.3) is 38.8 Å². The van der Waals surface area contributed by atoms with Crippen LogP contribution in [0.4, 0.5) is 0 Å². The van der Waals surface area contributed by atoms with Crippen molar-refractivity contribution in [2.75, 3.05) is 73.2 Å². The van der Waals surface area contributed by atoms with E-state index in [0.717, 1.165) is 152 Å². The monoisotopic (exact) mass is 2070 g/mol. The molecule has 0 saturated heterocycles. The van der Waals surface area contributed by atoms with E-state index < -0.39 is 30.4 Å². The van der Waals surface area contributed by atoms with Gasteiger partial charge in [0.15, 0.2) is 6.23 Å². The third-order valence-corrected chi connectivity index (χ3v) is 27.1. The predicted molar refractivity (Wildman–Crippen MR) is 568 cm³/mol. The van der Waals surface area contributed by atoms with Gasteiger partial charge in [-0.25, -0.2) is 0 Å². The van der Waals surface area contributed by atoms with E-state index in [1.54, 1.807) is 62.5 Å². The molecule has 4 aliphatic heterocycles. The Morgan fingerprint density at radius 2 is 0.678 bits per heavy atom. The Bertz CT molecular complexity index is 6910. The summed E-state index contributed by atoms with van der Waals surface area (Å²) in [5, 5.41) is 52.4. The molecule has 10 atom stereocenters. The first-order valence-corrected chi connectivity index (χ1v) is 48.6. The molecule has 20 rings (SSSR count). The van der Waals surface area contributed by atoms with Gasteiger partial charge in [-0.3, -0.25) is 54.7 Å². The number of para-hydroxylation sites is 6. The Labute approximate surface area is 870 Å². The number of amides is 2. The van der Waals surface area contributed by atoms with Crippen LogP contribution in [0.3, 0.4) is 0 Å². The first kappa shape index (κ1) is 111. The number of halogens is 2. The van der Waals surface area contributed by atoms with Crippen molar-refractivity contribution in [2.24, 2.45) is 11.5 Å². The number of carbonyl (C=O) groups is 8. The number of ether oxygens (including phenoxy) is 10. The first-order valence-electron chi connectivity index (χ1n) is 47.6. The smallest absolute Gasteiger partial charge is 0.294 e. The number of aliphatic hydroxyl groups is 4. The third-order valence-electron chi connectivity index (χ3n) is 26.7. The molecule has 0 bridgehead atoms. The average molecular weight is 2070 g/mol. The molecule has 0 fully saturated rings. The van der Waals surface area contributed by atoms with E-state index >= 15 is 0 Å². The van der Waals surface area contributed by atoms with Gasteiger partial charge in [0.1, 0.15) is 79.9 Å². The van der Waals surface area contributed by atoms with Crippen LogP contribution in [0, 0.1) is 0 Å². The molecule has 16 aromatic rings. The highest BCUT2D eigenvalue weighted by molar-refractivity contribution is 6.27. The van der Waals surface area contributed by atoms with E-state index in [-0.39, 0.29) is 115 Å². The number of H-pyrrole nitrogens is 6. The maximum Gasteiger partial charge on any atom is 0.294 e. The number of benzene rings is 10. The molecule has 149 heavy (non-hydrogen) atoms. The van der Waals surface area contributed by atoms with Crippen molar-refractivity contribution >= 4 is 139 Å². The molecule has 16 N–H and O–H groups in total. The highest BCUT2D eigenvalue weighted by Crippen LogP contribution is 2.48. The highest BCUT2D eigenvalue weighted by Gasteiger charge is 2.45. The molecule has 0 aliphatic carbocycles. The fourth-order valence-corrected chi connectivity index (χ4v) is 20.5. The number of aromatic amines is 6. The largest absolute Gasteiger partial charge is 0.496 e. The minimum atomic E-state index is -0.582. The quantitative estimate of drug-likeness (QED) is 0.00759. The second-order valence-electron chi connectivity index (χ2n) is 35.4. The summed E-state index contributed by atoms with van der Waals surface area (Å²) in [4.78, 5) is 113. The number of nitrogens with zero attached hydrogens (tertiary/aromatic N) is 2. The summed E-state index contributed by atoms with van der Waals surface area (Å²) in [6.45, 7) is 3.08. The number of nitrogens with one attached hydrogen (secondary N) is 8. The molecule has 0 unspecified atom stereocenters. The van der Waals surface area contributed by atoms with Crippen molar-refractivity contribution in [3.05, 3.63) is 331 Å². The fraction of sp³-hybridized carbons (Fsp3) is 0.292. The predicted octanol–water partition coefficient (Wildman–Crippen LogP) is 14.4. The van der Waals surface area contributed by atoms with E-state index in [1.807, 2.05) is 176 Å². The molecule has 2 amide bonds. The highest BCUT2D eigenvalue weighted by atomic mass is 35.5. The molecule has 34 nitrogen and oxygen atoms in total. The lowest BCUT2D eigenvalue weighted by Gasteiger charge is -2.42. The number of hydrogen-bond acceptors (Lipinski definition) is 26. The number of nitrogens with two attached hydrogens (primary N) is 2. The molecular formula is C113H124Cl2N12O22. The van der Waals surface area contributed by atoms with E-state index in [1.165, 1.54) is 27.3 Å². The van der Waals surface area contributed by atoms with E-state index in [9.17, 15) is 58.8 Å². The molecule has 36 heteroatoms. The molecule has 0 radical (unpaired) electrons. The summed E-state index contributed by atoms with van der Waals surface area (Å²) in [6, 6.07) is 67.9. The Morgan fingerprint density at radius 3 is 1.01 bits per heavy atom. The standard InChI is InChI=1S/2C23H23ClN2O5.2C21H22N2O4.C12H14N2O2.C11H12N2O2.2CH4/c2*1-30-20-7-6-14(11-27)8-18(20)23-22-17(16-4-2-3-5-19(16)25-22)9-15(12-31-13-28)26(23)21(29)10-24;2*1-26-19-7-6-13(10-24)8-17(19)21-20-16(9-14(22-21)11-27-12-25)15-4-2-3-5-18(15)23-20;13-10(7-16-8-15)5-9-6-14-12-4-2-1-3-11(9)12;12-11(15-7-14)5-8-6-13-10-4-2-1-3-9(8)10;;/h2*2-8,13,15,23,25,27H,9-12H2,1H3;2*2-8,12,14,21-24H,9-11H2,1H3;1-4,6,8,10,14H,5,7,13H2;1-4,6-7,11,13H,5,12H2;2*1H4/t15-,23+;15-,23-;14-,21+;14-,21-;10-;11-;;/m111110../s1. The molecule has 782 valence electrons. The summed E-state index contributed by atoms with van der Waals surface area (Å²) >= 11 is 12.0. The summed E-state index contributed by atoms with van der Waals surface area (Å²) in [5.74, 6) is 1.64. The minimum absolute atomic E-state index is 0. The van der Waals surface area contributed by atoms with Crippen LogP contribution in [0.15, 0.2) is 231 Å². The Hall–Kier alpha value is -15.3. The lowest BCUT2D eigenvalue weighted by molar-refractivity contribution is -0.139. The normalized spacial score (nSPS) is 16.9. The number of alkyl halides is 2. The number of carbonyl (C=O) groups excluding carboxylic acids is 8. The second kappa shape index (κ2) is 53.3. The molecule has 6 aromatic heterocycles.